The topological polar surface area (TPSA) is 73.9 Å². The molecule has 1 N–H and O–H groups in total. The summed E-state index contributed by atoms with van der Waals surface area (Å²) in [4.78, 5) is 23.1. The molecule has 124 valence electrons. The zero-order valence-electron chi connectivity index (χ0n) is 13.2. The van der Waals surface area contributed by atoms with Gasteiger partial charge in [0.2, 0.25) is 0 Å². The number of carbonyl (C=O) groups is 2. The molecule has 0 bridgehead atoms. The van der Waals surface area contributed by atoms with E-state index in [0.29, 0.717) is 30.0 Å². The molecule has 6 nitrogen and oxygen atoms in total. The Morgan fingerprint density at radius 2 is 1.96 bits per heavy atom. The van der Waals surface area contributed by atoms with Gasteiger partial charge >= 0.3 is 5.97 Å². The molecule has 23 heavy (non-hydrogen) atoms. The van der Waals surface area contributed by atoms with Crippen molar-refractivity contribution in [2.24, 2.45) is 0 Å². The maximum atomic E-state index is 11.8. The third-order valence-corrected chi connectivity index (χ3v) is 4.00. The first-order valence-electron chi connectivity index (χ1n) is 8.08. The van der Waals surface area contributed by atoms with Crippen molar-refractivity contribution in [1.82, 2.24) is 0 Å². The Morgan fingerprint density at radius 3 is 2.70 bits per heavy atom. The molecule has 1 amide bonds. The van der Waals surface area contributed by atoms with Crippen molar-refractivity contribution >= 4 is 17.6 Å². The van der Waals surface area contributed by atoms with E-state index < -0.39 is 5.79 Å². The van der Waals surface area contributed by atoms with E-state index in [9.17, 15) is 9.59 Å². The van der Waals surface area contributed by atoms with Crippen LogP contribution in [-0.2, 0) is 14.3 Å². The number of rotatable bonds is 5. The second-order valence-electron chi connectivity index (χ2n) is 5.94. The molecule has 0 atom stereocenters. The van der Waals surface area contributed by atoms with E-state index in [1.54, 1.807) is 18.2 Å². The number of hydrogen-bond acceptors (Lipinski definition) is 5. The number of benzene rings is 1. The second kappa shape index (κ2) is 6.48. The van der Waals surface area contributed by atoms with E-state index in [-0.39, 0.29) is 18.5 Å². The minimum absolute atomic E-state index is 0.281. The minimum atomic E-state index is -0.513. The number of amides is 1. The Morgan fingerprint density at radius 1 is 1.22 bits per heavy atom. The highest BCUT2D eigenvalue weighted by Crippen LogP contribution is 2.47. The molecule has 1 aromatic carbocycles. The van der Waals surface area contributed by atoms with Gasteiger partial charge in [-0.25, -0.2) is 0 Å². The van der Waals surface area contributed by atoms with Crippen molar-refractivity contribution in [3.8, 4) is 11.5 Å². The number of fused-ring (bicyclic) bond motifs is 1. The van der Waals surface area contributed by atoms with Gasteiger partial charge in [0, 0.05) is 31.0 Å². The molecule has 0 aromatic heterocycles. The van der Waals surface area contributed by atoms with Crippen LogP contribution in [0.3, 0.4) is 0 Å². The number of anilines is 1. The Kier molecular flexibility index (Phi) is 4.41. The molecule has 1 heterocycles. The van der Waals surface area contributed by atoms with Gasteiger partial charge in [0.25, 0.3) is 11.7 Å². The largest absolute Gasteiger partial charge is 0.456 e. The summed E-state index contributed by atoms with van der Waals surface area (Å²) in [6.45, 7) is 1.60. The lowest BCUT2D eigenvalue weighted by molar-refractivity contribution is -0.147. The Balaban J connectivity index is 1.56. The van der Waals surface area contributed by atoms with Crippen molar-refractivity contribution in [3.63, 3.8) is 0 Å². The molecule has 6 heteroatoms. The summed E-state index contributed by atoms with van der Waals surface area (Å²) in [6, 6.07) is 5.29. The molecule has 1 aliphatic carbocycles. The molecule has 1 aromatic rings. The number of ether oxygens (including phenoxy) is 3. The van der Waals surface area contributed by atoms with Gasteiger partial charge in [0.1, 0.15) is 0 Å². The van der Waals surface area contributed by atoms with Crippen LogP contribution in [0.1, 0.15) is 45.4 Å². The van der Waals surface area contributed by atoms with Gasteiger partial charge in [-0.05, 0) is 31.4 Å². The molecular weight excluding hydrogens is 298 g/mol. The fourth-order valence-corrected chi connectivity index (χ4v) is 2.91. The maximum Gasteiger partial charge on any atom is 0.306 e. The summed E-state index contributed by atoms with van der Waals surface area (Å²) in [6.07, 6.45) is 4.98. The molecule has 0 saturated heterocycles. The normalized spacial score (nSPS) is 17.3. The predicted molar refractivity (Wildman–Crippen MR) is 83.4 cm³/mol. The van der Waals surface area contributed by atoms with Crippen LogP contribution in [0, 0.1) is 0 Å². The van der Waals surface area contributed by atoms with Gasteiger partial charge in [0.15, 0.2) is 18.1 Å². The molecule has 1 aliphatic heterocycles. The monoisotopic (exact) mass is 319 g/mol. The van der Waals surface area contributed by atoms with Crippen molar-refractivity contribution in [3.05, 3.63) is 18.2 Å². The average Bonchev–Trinajstić information content (AvgIpc) is 3.11. The van der Waals surface area contributed by atoms with Gasteiger partial charge in [-0.2, -0.15) is 0 Å². The Hall–Kier alpha value is -2.24. The van der Waals surface area contributed by atoms with E-state index >= 15 is 0 Å². The zero-order chi connectivity index (χ0) is 16.3. The van der Waals surface area contributed by atoms with Crippen molar-refractivity contribution in [2.75, 3.05) is 11.9 Å². The van der Waals surface area contributed by atoms with Gasteiger partial charge in [0.05, 0.1) is 0 Å². The molecule has 1 saturated carbocycles. The van der Waals surface area contributed by atoms with E-state index in [0.717, 1.165) is 25.7 Å². The lowest BCUT2D eigenvalue weighted by atomic mass is 10.2. The van der Waals surface area contributed by atoms with Crippen LogP contribution in [0.25, 0.3) is 0 Å². The number of hydrogen-bond donors (Lipinski definition) is 1. The highest BCUT2D eigenvalue weighted by molar-refractivity contribution is 5.93. The first kappa shape index (κ1) is 15.6. The predicted octanol–water partition coefficient (Wildman–Crippen LogP) is 3.01. The molecule has 1 fully saturated rings. The van der Waals surface area contributed by atoms with Gasteiger partial charge < -0.3 is 19.5 Å². The lowest BCUT2D eigenvalue weighted by Gasteiger charge is -2.21. The van der Waals surface area contributed by atoms with Gasteiger partial charge in [-0.1, -0.05) is 6.92 Å². The van der Waals surface area contributed by atoms with Gasteiger partial charge in [-0.3, -0.25) is 9.59 Å². The van der Waals surface area contributed by atoms with Crippen LogP contribution >= 0.6 is 0 Å². The lowest BCUT2D eigenvalue weighted by Crippen LogP contribution is -2.34. The first-order chi connectivity index (χ1) is 11.1. The molecule has 1 spiro atoms. The highest BCUT2D eigenvalue weighted by atomic mass is 16.7. The minimum Gasteiger partial charge on any atom is -0.456 e. The van der Waals surface area contributed by atoms with Crippen LogP contribution < -0.4 is 14.8 Å². The molecule has 2 aliphatic rings. The molecule has 3 rings (SSSR count). The van der Waals surface area contributed by atoms with Crippen molar-refractivity contribution < 1.29 is 23.8 Å². The quantitative estimate of drug-likeness (QED) is 0.845. The standard InChI is InChI=1S/C17H21NO5/c1-2-5-16(20)21-11-15(19)18-12-6-7-13-14(10-12)23-17(22-13)8-3-4-9-17/h6-7,10H,2-5,8-9,11H2,1H3,(H,18,19). The zero-order valence-corrected chi connectivity index (χ0v) is 13.2. The van der Waals surface area contributed by atoms with E-state index in [1.807, 2.05) is 6.92 Å². The number of nitrogens with one attached hydrogen (secondary N) is 1. The highest BCUT2D eigenvalue weighted by Gasteiger charge is 2.44. The summed E-state index contributed by atoms with van der Waals surface area (Å²) >= 11 is 0. The summed E-state index contributed by atoms with van der Waals surface area (Å²) < 4.78 is 16.7. The van der Waals surface area contributed by atoms with E-state index in [4.69, 9.17) is 14.2 Å². The molecule has 0 unspecified atom stereocenters. The van der Waals surface area contributed by atoms with E-state index in [1.165, 1.54) is 0 Å². The van der Waals surface area contributed by atoms with E-state index in [2.05, 4.69) is 5.32 Å². The summed E-state index contributed by atoms with van der Waals surface area (Å²) in [5.74, 6) is 0.105. The smallest absolute Gasteiger partial charge is 0.306 e. The third kappa shape index (κ3) is 3.57. The number of carbonyl (C=O) groups excluding carboxylic acids is 2. The summed E-state index contributed by atoms with van der Waals surface area (Å²) in [5, 5.41) is 2.70. The average molecular weight is 319 g/mol. The Labute approximate surface area is 135 Å². The third-order valence-electron chi connectivity index (χ3n) is 4.00. The summed E-state index contributed by atoms with van der Waals surface area (Å²) in [7, 11) is 0. The molecule has 0 radical (unpaired) electrons. The van der Waals surface area contributed by atoms with Crippen LogP contribution in [0.15, 0.2) is 18.2 Å². The fourth-order valence-electron chi connectivity index (χ4n) is 2.91. The number of esters is 1. The summed E-state index contributed by atoms with van der Waals surface area (Å²) in [5.41, 5.74) is 0.596. The maximum absolute atomic E-state index is 11.8. The van der Waals surface area contributed by atoms with Gasteiger partial charge in [-0.15, -0.1) is 0 Å². The first-order valence-corrected chi connectivity index (χ1v) is 8.08. The molecular formula is C17H21NO5. The van der Waals surface area contributed by atoms with Crippen LogP contribution in [0.5, 0.6) is 11.5 Å². The van der Waals surface area contributed by atoms with Crippen LogP contribution in [0.4, 0.5) is 5.69 Å². The SMILES string of the molecule is CCCC(=O)OCC(=O)Nc1ccc2c(c1)OC1(CCCC1)O2. The van der Waals surface area contributed by atoms with Crippen molar-refractivity contribution in [1.29, 1.82) is 0 Å². The van der Waals surface area contributed by atoms with Crippen LogP contribution in [0.2, 0.25) is 0 Å². The fraction of sp³-hybridized carbons (Fsp3) is 0.529. The second-order valence-corrected chi connectivity index (χ2v) is 5.94. The van der Waals surface area contributed by atoms with Crippen LogP contribution in [-0.4, -0.2) is 24.3 Å². The Bertz CT molecular complexity index is 607. The van der Waals surface area contributed by atoms with Crippen molar-refractivity contribution in [2.45, 2.75) is 51.2 Å².